The first-order valence-corrected chi connectivity index (χ1v) is 2.69. The van der Waals surface area contributed by atoms with Crippen molar-refractivity contribution in [2.45, 2.75) is 12.5 Å². The SMILES string of the molecule is CN1C[C@@H](N)CC1=O.Cl. The van der Waals surface area contributed by atoms with Crippen LogP contribution in [-0.4, -0.2) is 30.4 Å². The minimum Gasteiger partial charge on any atom is -0.344 e. The van der Waals surface area contributed by atoms with Gasteiger partial charge in [-0.15, -0.1) is 12.4 Å². The van der Waals surface area contributed by atoms with Crippen LogP contribution in [0.4, 0.5) is 0 Å². The molecule has 0 saturated carbocycles. The van der Waals surface area contributed by atoms with Crippen molar-refractivity contribution in [2.75, 3.05) is 13.6 Å². The fourth-order valence-corrected chi connectivity index (χ4v) is 0.898. The first kappa shape index (κ1) is 8.72. The zero-order valence-electron chi connectivity index (χ0n) is 5.33. The topological polar surface area (TPSA) is 46.3 Å². The van der Waals surface area contributed by atoms with Crippen molar-refractivity contribution < 1.29 is 4.79 Å². The van der Waals surface area contributed by atoms with E-state index in [1.54, 1.807) is 11.9 Å². The van der Waals surface area contributed by atoms with Crippen molar-refractivity contribution in [3.05, 3.63) is 0 Å². The lowest BCUT2D eigenvalue weighted by atomic mass is 10.3. The van der Waals surface area contributed by atoms with Crippen molar-refractivity contribution in [3.63, 3.8) is 0 Å². The Morgan fingerprint density at radius 3 is 2.44 bits per heavy atom. The molecular weight excluding hydrogens is 140 g/mol. The van der Waals surface area contributed by atoms with Gasteiger partial charge >= 0.3 is 0 Å². The molecule has 54 valence electrons. The number of likely N-dealkylation sites (tertiary alicyclic amines) is 1. The number of hydrogen-bond donors (Lipinski definition) is 1. The van der Waals surface area contributed by atoms with Crippen LogP contribution < -0.4 is 5.73 Å². The molecule has 9 heavy (non-hydrogen) atoms. The van der Waals surface area contributed by atoms with Gasteiger partial charge < -0.3 is 10.6 Å². The Morgan fingerprint density at radius 1 is 1.78 bits per heavy atom. The quantitative estimate of drug-likeness (QED) is 0.511. The van der Waals surface area contributed by atoms with Gasteiger partial charge in [-0.1, -0.05) is 0 Å². The minimum absolute atomic E-state index is 0. The maximum Gasteiger partial charge on any atom is 0.223 e. The second-order valence-electron chi connectivity index (χ2n) is 2.24. The van der Waals surface area contributed by atoms with Crippen LogP contribution in [0.1, 0.15) is 6.42 Å². The van der Waals surface area contributed by atoms with Crippen LogP contribution in [0.2, 0.25) is 0 Å². The summed E-state index contributed by atoms with van der Waals surface area (Å²) in [5.74, 6) is 0.164. The highest BCUT2D eigenvalue weighted by atomic mass is 35.5. The Labute approximate surface area is 60.6 Å². The van der Waals surface area contributed by atoms with Gasteiger partial charge in [0.2, 0.25) is 5.91 Å². The number of amides is 1. The van der Waals surface area contributed by atoms with Gasteiger partial charge in [-0.3, -0.25) is 4.79 Å². The van der Waals surface area contributed by atoms with Crippen LogP contribution in [0.15, 0.2) is 0 Å². The molecule has 1 saturated heterocycles. The van der Waals surface area contributed by atoms with Crippen molar-refractivity contribution in [1.82, 2.24) is 4.90 Å². The molecule has 0 unspecified atom stereocenters. The van der Waals surface area contributed by atoms with Crippen LogP contribution in [-0.2, 0) is 4.79 Å². The Morgan fingerprint density at radius 2 is 2.33 bits per heavy atom. The summed E-state index contributed by atoms with van der Waals surface area (Å²) < 4.78 is 0. The van der Waals surface area contributed by atoms with Crippen LogP contribution in [0.5, 0.6) is 0 Å². The zero-order valence-corrected chi connectivity index (χ0v) is 6.15. The van der Waals surface area contributed by atoms with Gasteiger partial charge in [-0.05, 0) is 0 Å². The number of hydrogen-bond acceptors (Lipinski definition) is 2. The fraction of sp³-hybridized carbons (Fsp3) is 0.800. The normalized spacial score (nSPS) is 26.2. The lowest BCUT2D eigenvalue weighted by Crippen LogP contribution is -2.24. The smallest absolute Gasteiger partial charge is 0.223 e. The van der Waals surface area contributed by atoms with Crippen molar-refractivity contribution in [3.8, 4) is 0 Å². The van der Waals surface area contributed by atoms with Gasteiger partial charge in [-0.2, -0.15) is 0 Å². The molecule has 1 fully saturated rings. The highest BCUT2D eigenvalue weighted by Gasteiger charge is 2.22. The van der Waals surface area contributed by atoms with E-state index in [4.69, 9.17) is 5.73 Å². The van der Waals surface area contributed by atoms with E-state index < -0.39 is 0 Å². The van der Waals surface area contributed by atoms with Crippen molar-refractivity contribution in [1.29, 1.82) is 0 Å². The van der Waals surface area contributed by atoms with Crippen LogP contribution in [0.25, 0.3) is 0 Å². The first-order valence-electron chi connectivity index (χ1n) is 2.69. The highest BCUT2D eigenvalue weighted by Crippen LogP contribution is 2.04. The molecule has 1 rings (SSSR count). The second-order valence-corrected chi connectivity index (χ2v) is 2.24. The van der Waals surface area contributed by atoms with E-state index in [0.717, 1.165) is 6.54 Å². The van der Waals surface area contributed by atoms with Crippen LogP contribution in [0.3, 0.4) is 0 Å². The van der Waals surface area contributed by atoms with E-state index in [0.29, 0.717) is 6.42 Å². The lowest BCUT2D eigenvalue weighted by Gasteiger charge is -2.04. The molecule has 4 heteroatoms. The summed E-state index contributed by atoms with van der Waals surface area (Å²) in [4.78, 5) is 12.3. The summed E-state index contributed by atoms with van der Waals surface area (Å²) in [5.41, 5.74) is 5.45. The monoisotopic (exact) mass is 150 g/mol. The molecule has 0 bridgehead atoms. The summed E-state index contributed by atoms with van der Waals surface area (Å²) in [6.45, 7) is 0.721. The third kappa shape index (κ3) is 1.84. The van der Waals surface area contributed by atoms with Crippen molar-refractivity contribution >= 4 is 18.3 Å². The lowest BCUT2D eigenvalue weighted by molar-refractivity contribution is -0.126. The third-order valence-corrected chi connectivity index (χ3v) is 1.37. The molecule has 3 nitrogen and oxygen atoms in total. The number of carbonyl (C=O) groups is 1. The Balaban J connectivity index is 0.000000640. The highest BCUT2D eigenvalue weighted by molar-refractivity contribution is 5.85. The summed E-state index contributed by atoms with van der Waals surface area (Å²) in [7, 11) is 1.77. The molecule has 0 radical (unpaired) electrons. The molecule has 1 aliphatic heterocycles. The van der Waals surface area contributed by atoms with E-state index in [1.807, 2.05) is 0 Å². The Hall–Kier alpha value is -0.280. The van der Waals surface area contributed by atoms with E-state index in [1.165, 1.54) is 0 Å². The van der Waals surface area contributed by atoms with Crippen LogP contribution in [0, 0.1) is 0 Å². The number of nitrogens with two attached hydrogens (primary N) is 1. The molecule has 1 amide bonds. The molecule has 1 heterocycles. The number of halogens is 1. The summed E-state index contributed by atoms with van der Waals surface area (Å²) >= 11 is 0. The predicted octanol–water partition coefficient (Wildman–Crippen LogP) is -0.402. The molecule has 0 aromatic rings. The number of carbonyl (C=O) groups excluding carboxylic acids is 1. The molecule has 0 aromatic carbocycles. The van der Waals surface area contributed by atoms with E-state index in [2.05, 4.69) is 0 Å². The first-order chi connectivity index (χ1) is 3.70. The standard InChI is InChI=1S/C5H10N2O.ClH/c1-7-3-4(6)2-5(7)8;/h4H,2-3,6H2,1H3;1H/t4-;/m0./s1. The molecule has 0 aromatic heterocycles. The van der Waals surface area contributed by atoms with E-state index >= 15 is 0 Å². The van der Waals surface area contributed by atoms with Crippen molar-refractivity contribution in [2.24, 2.45) is 5.73 Å². The number of nitrogens with zero attached hydrogens (tertiary/aromatic N) is 1. The van der Waals surface area contributed by atoms with Gasteiger partial charge in [0.15, 0.2) is 0 Å². The number of likely N-dealkylation sites (N-methyl/N-ethyl adjacent to an activating group) is 1. The molecule has 0 spiro atoms. The fourth-order valence-electron chi connectivity index (χ4n) is 0.898. The summed E-state index contributed by atoms with van der Waals surface area (Å²) in [6, 6.07) is 0.0764. The molecule has 0 aliphatic carbocycles. The number of rotatable bonds is 0. The average molecular weight is 151 g/mol. The molecular formula is C5H11ClN2O. The average Bonchev–Trinajstić information content (AvgIpc) is 1.85. The Bertz CT molecular complexity index is 118. The third-order valence-electron chi connectivity index (χ3n) is 1.37. The molecule has 2 N–H and O–H groups in total. The maximum absolute atomic E-state index is 10.6. The summed E-state index contributed by atoms with van der Waals surface area (Å²) in [6.07, 6.45) is 0.524. The van der Waals surface area contributed by atoms with Gasteiger partial charge in [0.25, 0.3) is 0 Å². The molecule has 1 atom stereocenters. The zero-order chi connectivity index (χ0) is 6.15. The second kappa shape index (κ2) is 3.03. The van der Waals surface area contributed by atoms with E-state index in [-0.39, 0.29) is 24.4 Å². The largest absolute Gasteiger partial charge is 0.344 e. The predicted molar refractivity (Wildman–Crippen MR) is 37.5 cm³/mol. The van der Waals surface area contributed by atoms with Crippen LogP contribution >= 0.6 is 12.4 Å². The van der Waals surface area contributed by atoms with E-state index in [9.17, 15) is 4.79 Å². The minimum atomic E-state index is 0. The van der Waals surface area contributed by atoms with Gasteiger partial charge in [0, 0.05) is 26.1 Å². The van der Waals surface area contributed by atoms with Gasteiger partial charge in [0.05, 0.1) is 0 Å². The molecule has 1 aliphatic rings. The van der Waals surface area contributed by atoms with Gasteiger partial charge in [-0.25, -0.2) is 0 Å². The maximum atomic E-state index is 10.6. The summed E-state index contributed by atoms with van der Waals surface area (Å²) in [5, 5.41) is 0. The Kier molecular flexibility index (Phi) is 2.94. The van der Waals surface area contributed by atoms with Gasteiger partial charge in [0.1, 0.15) is 0 Å².